The van der Waals surface area contributed by atoms with Crippen LogP contribution < -0.4 is 14.4 Å². The van der Waals surface area contributed by atoms with Crippen LogP contribution in [0.15, 0.2) is 82.2 Å². The number of rotatable bonds is 12. The molecule has 39 heavy (non-hydrogen) atoms. The lowest BCUT2D eigenvalue weighted by molar-refractivity contribution is -0.139. The normalized spacial score (nSPS) is 11.9. The fraction of sp³-hybridized carbons (Fsp3) is 0.310. The van der Waals surface area contributed by atoms with Crippen molar-refractivity contribution in [3.8, 4) is 5.75 Å². The van der Waals surface area contributed by atoms with Crippen molar-refractivity contribution in [2.45, 2.75) is 44.7 Å². The minimum atomic E-state index is -4.12. The van der Waals surface area contributed by atoms with E-state index in [0.717, 1.165) is 26.3 Å². The number of carbonyl (C=O) groups excluding carboxylic acids is 2. The van der Waals surface area contributed by atoms with Crippen molar-refractivity contribution < 1.29 is 22.7 Å². The predicted molar refractivity (Wildman–Crippen MR) is 156 cm³/mol. The van der Waals surface area contributed by atoms with E-state index in [1.54, 1.807) is 43.3 Å². The van der Waals surface area contributed by atoms with E-state index >= 15 is 0 Å². The molecule has 3 rings (SSSR count). The summed E-state index contributed by atoms with van der Waals surface area (Å²) < 4.78 is 34.9. The Morgan fingerprint density at radius 2 is 1.59 bits per heavy atom. The number of carbonyl (C=O) groups is 2. The van der Waals surface area contributed by atoms with Crippen LogP contribution in [0.5, 0.6) is 5.75 Å². The third-order valence-corrected chi connectivity index (χ3v) is 8.55. The van der Waals surface area contributed by atoms with Crippen LogP contribution >= 0.6 is 15.9 Å². The van der Waals surface area contributed by atoms with Gasteiger partial charge >= 0.3 is 0 Å². The Balaban J connectivity index is 2.01. The van der Waals surface area contributed by atoms with Gasteiger partial charge in [-0.2, -0.15) is 0 Å². The summed E-state index contributed by atoms with van der Waals surface area (Å²) >= 11 is 3.41. The molecule has 0 fully saturated rings. The minimum absolute atomic E-state index is 0.0601. The van der Waals surface area contributed by atoms with Crippen LogP contribution in [0.25, 0.3) is 0 Å². The van der Waals surface area contributed by atoms with E-state index in [-0.39, 0.29) is 17.3 Å². The first-order valence-electron chi connectivity index (χ1n) is 12.6. The number of sulfonamides is 1. The highest BCUT2D eigenvalue weighted by atomic mass is 79.9. The predicted octanol–water partition coefficient (Wildman–Crippen LogP) is 4.90. The molecule has 3 aromatic rings. The summed E-state index contributed by atoms with van der Waals surface area (Å²) in [5.41, 5.74) is 2.02. The number of amides is 2. The number of methoxy groups -OCH3 is 1. The van der Waals surface area contributed by atoms with Crippen molar-refractivity contribution >= 4 is 43.5 Å². The molecular formula is C29H34BrN3O5S. The Bertz CT molecular complexity index is 1360. The molecule has 0 saturated heterocycles. The van der Waals surface area contributed by atoms with Crippen molar-refractivity contribution in [3.63, 3.8) is 0 Å². The molecule has 3 aromatic carbocycles. The van der Waals surface area contributed by atoms with Gasteiger partial charge in [0.05, 0.1) is 17.7 Å². The fourth-order valence-electron chi connectivity index (χ4n) is 3.88. The summed E-state index contributed by atoms with van der Waals surface area (Å²) in [7, 11) is -2.60. The van der Waals surface area contributed by atoms with Crippen LogP contribution in [0, 0.1) is 6.92 Å². The summed E-state index contributed by atoms with van der Waals surface area (Å²) in [6.45, 7) is 5.57. The number of nitrogens with one attached hydrogen (secondary N) is 1. The zero-order chi connectivity index (χ0) is 28.6. The maximum atomic E-state index is 13.9. The van der Waals surface area contributed by atoms with E-state index in [9.17, 15) is 18.0 Å². The van der Waals surface area contributed by atoms with Gasteiger partial charge in [-0.1, -0.05) is 52.7 Å². The van der Waals surface area contributed by atoms with Crippen molar-refractivity contribution in [2.24, 2.45) is 0 Å². The van der Waals surface area contributed by atoms with Crippen LogP contribution in [-0.4, -0.2) is 51.4 Å². The van der Waals surface area contributed by atoms with E-state index < -0.39 is 28.5 Å². The number of anilines is 1. The second-order valence-corrected chi connectivity index (χ2v) is 11.9. The van der Waals surface area contributed by atoms with Crippen LogP contribution in [0.4, 0.5) is 5.69 Å². The summed E-state index contributed by atoms with van der Waals surface area (Å²) in [6, 6.07) is 19.5. The van der Waals surface area contributed by atoms with Crippen molar-refractivity contribution in [1.29, 1.82) is 0 Å². The number of benzene rings is 3. The number of hydrogen-bond acceptors (Lipinski definition) is 5. The number of halogens is 1. The third kappa shape index (κ3) is 7.83. The lowest BCUT2D eigenvalue weighted by atomic mass is 10.1. The minimum Gasteiger partial charge on any atom is -0.497 e. The average Bonchev–Trinajstić information content (AvgIpc) is 2.94. The Hall–Kier alpha value is -3.37. The van der Waals surface area contributed by atoms with Gasteiger partial charge < -0.3 is 15.0 Å². The highest BCUT2D eigenvalue weighted by molar-refractivity contribution is 9.10. The van der Waals surface area contributed by atoms with Crippen molar-refractivity contribution in [1.82, 2.24) is 10.2 Å². The van der Waals surface area contributed by atoms with E-state index in [4.69, 9.17) is 4.74 Å². The maximum Gasteiger partial charge on any atom is 0.264 e. The monoisotopic (exact) mass is 615 g/mol. The summed E-state index contributed by atoms with van der Waals surface area (Å²) in [4.78, 5) is 28.3. The lowest BCUT2D eigenvalue weighted by Gasteiger charge is -2.32. The summed E-state index contributed by atoms with van der Waals surface area (Å²) in [6.07, 6.45) is 0.749. The molecule has 2 amide bonds. The molecule has 8 nitrogen and oxygen atoms in total. The van der Waals surface area contributed by atoms with E-state index in [2.05, 4.69) is 21.2 Å². The number of aryl methyl sites for hydroxylation is 1. The Labute approximate surface area is 239 Å². The Morgan fingerprint density at radius 1 is 0.974 bits per heavy atom. The molecule has 0 radical (unpaired) electrons. The van der Waals surface area contributed by atoms with Gasteiger partial charge in [0.15, 0.2) is 0 Å². The van der Waals surface area contributed by atoms with Gasteiger partial charge in [-0.3, -0.25) is 13.9 Å². The first kappa shape index (κ1) is 30.2. The van der Waals surface area contributed by atoms with Crippen LogP contribution in [0.1, 0.15) is 31.4 Å². The molecule has 0 bridgehead atoms. The number of ether oxygens (including phenoxy) is 1. The van der Waals surface area contributed by atoms with E-state index in [0.29, 0.717) is 18.0 Å². The van der Waals surface area contributed by atoms with Gasteiger partial charge in [0.25, 0.3) is 10.0 Å². The molecule has 0 saturated carbocycles. The first-order chi connectivity index (χ1) is 18.6. The van der Waals surface area contributed by atoms with Crippen molar-refractivity contribution in [3.05, 3.63) is 88.4 Å². The zero-order valence-corrected chi connectivity index (χ0v) is 25.0. The molecule has 10 heteroatoms. The molecule has 1 N–H and O–H groups in total. The van der Waals surface area contributed by atoms with Crippen LogP contribution in [0.3, 0.4) is 0 Å². The first-order valence-corrected chi connectivity index (χ1v) is 14.8. The van der Waals surface area contributed by atoms with Gasteiger partial charge in [0.1, 0.15) is 18.3 Å². The third-order valence-electron chi connectivity index (χ3n) is 6.23. The highest BCUT2D eigenvalue weighted by Crippen LogP contribution is 2.27. The summed E-state index contributed by atoms with van der Waals surface area (Å²) in [5, 5.41) is 2.84. The van der Waals surface area contributed by atoms with E-state index in [1.165, 1.54) is 24.1 Å². The van der Waals surface area contributed by atoms with Crippen LogP contribution in [0.2, 0.25) is 0 Å². The fourth-order valence-corrected chi connectivity index (χ4v) is 5.56. The largest absolute Gasteiger partial charge is 0.497 e. The van der Waals surface area contributed by atoms with Gasteiger partial charge in [-0.05, 0) is 74.4 Å². The smallest absolute Gasteiger partial charge is 0.264 e. The Kier molecular flexibility index (Phi) is 10.5. The second-order valence-electron chi connectivity index (χ2n) is 9.14. The molecule has 0 spiro atoms. The maximum absolute atomic E-state index is 13.9. The van der Waals surface area contributed by atoms with Crippen molar-refractivity contribution in [2.75, 3.05) is 24.5 Å². The molecule has 0 unspecified atom stereocenters. The molecule has 208 valence electrons. The Morgan fingerprint density at radius 3 is 2.15 bits per heavy atom. The molecular weight excluding hydrogens is 582 g/mol. The quantitative estimate of drug-likeness (QED) is 0.312. The molecule has 1 atom stereocenters. The zero-order valence-electron chi connectivity index (χ0n) is 22.6. The molecule has 0 heterocycles. The highest BCUT2D eigenvalue weighted by Gasteiger charge is 2.32. The molecule has 0 aliphatic carbocycles. The van der Waals surface area contributed by atoms with Gasteiger partial charge in [0, 0.05) is 17.6 Å². The van der Waals surface area contributed by atoms with Gasteiger partial charge in [0.2, 0.25) is 11.8 Å². The average molecular weight is 617 g/mol. The number of nitrogens with zero attached hydrogens (tertiary/aromatic N) is 2. The molecule has 0 aliphatic rings. The van der Waals surface area contributed by atoms with Gasteiger partial charge in [-0.25, -0.2) is 8.42 Å². The SMILES string of the molecule is CCCNC(=O)[C@H](C)N(Cc1ccc(Br)cc1)C(=O)CN(c1ccc(OC)cc1)S(=O)(=O)c1ccc(C)cc1. The molecule has 0 aromatic heterocycles. The van der Waals surface area contributed by atoms with Gasteiger partial charge in [-0.15, -0.1) is 0 Å². The lowest BCUT2D eigenvalue weighted by Crippen LogP contribution is -2.51. The van der Waals surface area contributed by atoms with Crippen LogP contribution in [-0.2, 0) is 26.2 Å². The molecule has 0 aliphatic heterocycles. The summed E-state index contributed by atoms with van der Waals surface area (Å²) in [5.74, 6) is -0.265. The second kappa shape index (κ2) is 13.6. The topological polar surface area (TPSA) is 96.0 Å². The number of hydrogen-bond donors (Lipinski definition) is 1. The standard InChI is InChI=1S/C29H34BrN3O5S/c1-5-18-31-29(35)22(3)32(19-23-8-10-24(30)11-9-23)28(34)20-33(25-12-14-26(38-4)15-13-25)39(36,37)27-16-6-21(2)7-17-27/h6-17,22H,5,18-20H2,1-4H3,(H,31,35)/t22-/m0/s1. The van der Waals surface area contributed by atoms with E-state index in [1.807, 2.05) is 38.1 Å².